The fraction of sp³-hybridized carbons (Fsp3) is 0.350. The number of rotatable bonds is 7. The Morgan fingerprint density at radius 3 is 2.76 bits per heavy atom. The smallest absolute Gasteiger partial charge is 0.217 e. The molecule has 0 bridgehead atoms. The molecule has 0 unspecified atom stereocenters. The summed E-state index contributed by atoms with van der Waals surface area (Å²) in [7, 11) is 0. The highest BCUT2D eigenvalue weighted by Crippen LogP contribution is 2.43. The molecule has 29 heavy (non-hydrogen) atoms. The van der Waals surface area contributed by atoms with Crippen LogP contribution in [0.3, 0.4) is 0 Å². The normalized spacial score (nSPS) is 14.8. The number of pyridine rings is 1. The number of amides is 1. The Bertz CT molecular complexity index is 1000. The van der Waals surface area contributed by atoms with E-state index in [1.54, 1.807) is 18.5 Å². The second-order valence-electron chi connectivity index (χ2n) is 7.15. The van der Waals surface area contributed by atoms with Crippen molar-refractivity contribution in [3.8, 4) is 10.6 Å². The molecule has 150 valence electrons. The van der Waals surface area contributed by atoms with E-state index in [0.717, 1.165) is 34.8 Å². The first-order chi connectivity index (χ1) is 14.1. The van der Waals surface area contributed by atoms with Crippen LogP contribution in [0.4, 0.5) is 10.2 Å². The maximum absolute atomic E-state index is 14.2. The molecule has 0 atom stereocenters. The number of nitrogens with zero attached hydrogens (tertiary/aromatic N) is 4. The molecule has 0 radical (unpaired) electrons. The molecule has 1 fully saturated rings. The molecular weight excluding hydrogens is 391 g/mol. The lowest BCUT2D eigenvalue weighted by atomic mass is 9.66. The Balaban J connectivity index is 1.41. The Morgan fingerprint density at radius 1 is 1.24 bits per heavy atom. The monoisotopic (exact) mass is 412 g/mol. The summed E-state index contributed by atoms with van der Waals surface area (Å²) in [5, 5.41) is 15.3. The summed E-state index contributed by atoms with van der Waals surface area (Å²) in [6.07, 6.45) is 6.23. The molecule has 0 spiro atoms. The Kier molecular flexibility index (Phi) is 5.48. The van der Waals surface area contributed by atoms with Gasteiger partial charge in [-0.25, -0.2) is 9.37 Å². The van der Waals surface area contributed by atoms with Crippen LogP contribution in [-0.2, 0) is 16.8 Å². The number of thiazole rings is 1. The topological polar surface area (TPSA) is 92.7 Å². The fourth-order valence-corrected chi connectivity index (χ4v) is 4.23. The number of anilines is 1. The molecule has 1 amide bonds. The lowest BCUT2D eigenvalue weighted by Crippen LogP contribution is -2.42. The van der Waals surface area contributed by atoms with Gasteiger partial charge in [0.25, 0.3) is 0 Å². The van der Waals surface area contributed by atoms with Gasteiger partial charge in [0.2, 0.25) is 5.91 Å². The van der Waals surface area contributed by atoms with E-state index in [1.165, 1.54) is 24.3 Å². The van der Waals surface area contributed by atoms with Crippen molar-refractivity contribution >= 4 is 23.1 Å². The molecule has 3 aromatic rings. The van der Waals surface area contributed by atoms with E-state index in [1.807, 2.05) is 12.1 Å². The molecular formula is C20H21FN6OS. The molecule has 1 saturated carbocycles. The van der Waals surface area contributed by atoms with E-state index in [-0.39, 0.29) is 17.1 Å². The molecule has 3 heterocycles. The summed E-state index contributed by atoms with van der Waals surface area (Å²) in [5.41, 5.74) is 0.957. The number of hydrogen-bond donors (Lipinski definition) is 2. The molecule has 0 saturated heterocycles. The third-order valence-corrected chi connectivity index (χ3v) is 6.16. The third-order valence-electron chi connectivity index (χ3n) is 5.14. The molecule has 7 nitrogen and oxygen atoms in total. The number of halogens is 1. The van der Waals surface area contributed by atoms with Crippen molar-refractivity contribution in [3.05, 3.63) is 53.2 Å². The second-order valence-corrected chi connectivity index (χ2v) is 8.27. The van der Waals surface area contributed by atoms with E-state index in [4.69, 9.17) is 0 Å². The van der Waals surface area contributed by atoms with Gasteiger partial charge < -0.3 is 10.6 Å². The lowest BCUT2D eigenvalue weighted by molar-refractivity contribution is -0.119. The first-order valence-electron chi connectivity index (χ1n) is 9.44. The van der Waals surface area contributed by atoms with Gasteiger partial charge in [-0.1, -0.05) is 6.42 Å². The van der Waals surface area contributed by atoms with Crippen molar-refractivity contribution in [3.63, 3.8) is 0 Å². The average Bonchev–Trinajstić information content (AvgIpc) is 3.16. The molecule has 1 aliphatic rings. The van der Waals surface area contributed by atoms with Gasteiger partial charge in [0, 0.05) is 31.3 Å². The number of nitrogens with one attached hydrogen (secondary N) is 2. The van der Waals surface area contributed by atoms with Crippen LogP contribution >= 0.6 is 11.3 Å². The van der Waals surface area contributed by atoms with Crippen LogP contribution in [0, 0.1) is 5.82 Å². The summed E-state index contributed by atoms with van der Waals surface area (Å²) >= 11 is 1.46. The van der Waals surface area contributed by atoms with Gasteiger partial charge in [-0.05, 0) is 37.1 Å². The highest BCUT2D eigenvalue weighted by atomic mass is 32.1. The minimum absolute atomic E-state index is 0.0909. The number of hydrogen-bond acceptors (Lipinski definition) is 7. The Hall–Kier alpha value is -2.94. The standard InChI is InChI=1S/C20H21FN6OS/c1-13(28)23-11-18-24-10-16(29-18)15-5-6-17(27-26-15)25-12-20(7-3-8-20)19-14(21)4-2-9-22-19/h2,4-6,9-10H,3,7-8,11-12H2,1H3,(H,23,28)(H,25,27). The van der Waals surface area contributed by atoms with Gasteiger partial charge in [-0.3, -0.25) is 9.78 Å². The summed E-state index contributed by atoms with van der Waals surface area (Å²) in [6.45, 7) is 2.44. The number of aromatic nitrogens is 4. The zero-order valence-electron chi connectivity index (χ0n) is 16.0. The molecule has 1 aliphatic carbocycles. The predicted molar refractivity (Wildman–Crippen MR) is 109 cm³/mol. The fourth-order valence-electron chi connectivity index (χ4n) is 3.40. The largest absolute Gasteiger partial charge is 0.368 e. The van der Waals surface area contributed by atoms with E-state index in [0.29, 0.717) is 24.6 Å². The van der Waals surface area contributed by atoms with Crippen LogP contribution in [0.15, 0.2) is 36.7 Å². The van der Waals surface area contributed by atoms with E-state index in [9.17, 15) is 9.18 Å². The maximum atomic E-state index is 14.2. The minimum Gasteiger partial charge on any atom is -0.368 e. The second kappa shape index (κ2) is 8.20. The first-order valence-corrected chi connectivity index (χ1v) is 10.3. The van der Waals surface area contributed by atoms with Crippen molar-refractivity contribution in [2.75, 3.05) is 11.9 Å². The third kappa shape index (κ3) is 4.24. The zero-order chi connectivity index (χ0) is 20.3. The van der Waals surface area contributed by atoms with Crippen LogP contribution in [0.25, 0.3) is 10.6 Å². The van der Waals surface area contributed by atoms with Crippen LogP contribution in [0.1, 0.15) is 36.9 Å². The van der Waals surface area contributed by atoms with Crippen molar-refractivity contribution in [2.24, 2.45) is 0 Å². The Morgan fingerprint density at radius 2 is 2.10 bits per heavy atom. The van der Waals surface area contributed by atoms with E-state index in [2.05, 4.69) is 30.8 Å². The van der Waals surface area contributed by atoms with Crippen molar-refractivity contribution in [2.45, 2.75) is 38.1 Å². The quantitative estimate of drug-likeness (QED) is 0.619. The lowest BCUT2D eigenvalue weighted by Gasteiger charge is -2.41. The number of carbonyl (C=O) groups is 1. The molecule has 3 aromatic heterocycles. The average molecular weight is 412 g/mol. The molecule has 2 N–H and O–H groups in total. The van der Waals surface area contributed by atoms with Crippen molar-refractivity contribution in [1.82, 2.24) is 25.5 Å². The summed E-state index contributed by atoms with van der Waals surface area (Å²) in [6, 6.07) is 6.81. The van der Waals surface area contributed by atoms with Crippen LogP contribution < -0.4 is 10.6 Å². The van der Waals surface area contributed by atoms with Gasteiger partial charge in [0.05, 0.1) is 17.1 Å². The van der Waals surface area contributed by atoms with Crippen LogP contribution in [0.2, 0.25) is 0 Å². The van der Waals surface area contributed by atoms with Crippen molar-refractivity contribution < 1.29 is 9.18 Å². The summed E-state index contributed by atoms with van der Waals surface area (Å²) in [4.78, 5) is 20.5. The molecule has 9 heteroatoms. The molecule has 0 aromatic carbocycles. The van der Waals surface area contributed by atoms with Crippen LogP contribution in [0.5, 0.6) is 0 Å². The van der Waals surface area contributed by atoms with E-state index < -0.39 is 0 Å². The van der Waals surface area contributed by atoms with E-state index >= 15 is 0 Å². The maximum Gasteiger partial charge on any atom is 0.217 e. The van der Waals surface area contributed by atoms with Crippen molar-refractivity contribution in [1.29, 1.82) is 0 Å². The van der Waals surface area contributed by atoms with Crippen LogP contribution in [-0.4, -0.2) is 32.6 Å². The SMILES string of the molecule is CC(=O)NCc1ncc(-c2ccc(NCC3(c4ncccc4F)CCC3)nn2)s1. The van der Waals surface area contributed by atoms with Gasteiger partial charge in [0.1, 0.15) is 22.3 Å². The first kappa shape index (κ1) is 19.4. The predicted octanol–water partition coefficient (Wildman–Crippen LogP) is 3.30. The zero-order valence-corrected chi connectivity index (χ0v) is 16.8. The molecule has 4 rings (SSSR count). The molecule has 0 aliphatic heterocycles. The highest BCUT2D eigenvalue weighted by Gasteiger charge is 2.41. The van der Waals surface area contributed by atoms with Gasteiger partial charge in [-0.2, -0.15) is 0 Å². The highest BCUT2D eigenvalue weighted by molar-refractivity contribution is 7.15. The van der Waals surface area contributed by atoms with Gasteiger partial charge >= 0.3 is 0 Å². The minimum atomic E-state index is -0.290. The summed E-state index contributed by atoms with van der Waals surface area (Å²) < 4.78 is 14.2. The van der Waals surface area contributed by atoms with Gasteiger partial charge in [0.15, 0.2) is 0 Å². The summed E-state index contributed by atoms with van der Waals surface area (Å²) in [5.74, 6) is 0.293. The van der Waals surface area contributed by atoms with Gasteiger partial charge in [-0.15, -0.1) is 21.5 Å². The number of carbonyl (C=O) groups excluding carboxylic acids is 1. The Labute approximate surface area is 171 Å².